The molecule has 200 valence electrons. The molecular formula is C23H36N6O6S. The molecule has 4 atom stereocenters. The Kier molecular flexibility index (Phi) is 14.1. The lowest BCUT2D eigenvalue weighted by molar-refractivity contribution is -0.142. The number of amides is 4. The van der Waals surface area contributed by atoms with E-state index >= 15 is 0 Å². The molecule has 0 aliphatic heterocycles. The third-order valence-corrected chi connectivity index (χ3v) is 5.70. The molecule has 1 aromatic rings. The lowest BCUT2D eigenvalue weighted by atomic mass is 10.0. The minimum absolute atomic E-state index is 0.130. The maximum absolute atomic E-state index is 13.1. The number of hydrogen-bond donors (Lipinski definition) is 8. The number of benzene rings is 1. The number of carbonyl (C=O) groups excluding carboxylic acids is 4. The summed E-state index contributed by atoms with van der Waals surface area (Å²) in [5.41, 5.74) is 17.2. The van der Waals surface area contributed by atoms with Crippen molar-refractivity contribution in [1.29, 1.82) is 0 Å². The van der Waals surface area contributed by atoms with Crippen molar-refractivity contribution in [2.75, 3.05) is 12.3 Å². The van der Waals surface area contributed by atoms with Crippen molar-refractivity contribution in [2.24, 2.45) is 17.2 Å². The lowest BCUT2D eigenvalue weighted by Crippen LogP contribution is -2.58. The largest absolute Gasteiger partial charge is 0.480 e. The van der Waals surface area contributed by atoms with Crippen molar-refractivity contribution < 1.29 is 29.1 Å². The minimum Gasteiger partial charge on any atom is -0.480 e. The van der Waals surface area contributed by atoms with Gasteiger partial charge >= 0.3 is 5.97 Å². The molecule has 0 aliphatic rings. The monoisotopic (exact) mass is 524 g/mol. The molecule has 4 amide bonds. The molecule has 0 bridgehead atoms. The molecule has 0 heterocycles. The SMILES string of the molecule is NCCCCC(N)C(=O)NC(Cc1ccccc1)C(=O)NC(CS)C(=O)NC(CCC(N)=O)C(=O)O. The summed E-state index contributed by atoms with van der Waals surface area (Å²) in [7, 11) is 0. The zero-order valence-electron chi connectivity index (χ0n) is 20.0. The van der Waals surface area contributed by atoms with Gasteiger partial charge in [-0.15, -0.1) is 0 Å². The fraction of sp³-hybridized carbons (Fsp3) is 0.522. The molecule has 36 heavy (non-hydrogen) atoms. The van der Waals surface area contributed by atoms with E-state index < -0.39 is 53.8 Å². The van der Waals surface area contributed by atoms with Gasteiger partial charge in [-0.1, -0.05) is 36.8 Å². The van der Waals surface area contributed by atoms with Crippen molar-refractivity contribution in [3.05, 3.63) is 35.9 Å². The number of carboxylic acid groups (broad SMARTS) is 1. The Hall–Kier alpha value is -3.16. The number of thiol groups is 1. The Morgan fingerprint density at radius 2 is 1.44 bits per heavy atom. The van der Waals surface area contributed by atoms with E-state index in [1.54, 1.807) is 24.3 Å². The van der Waals surface area contributed by atoms with Crippen LogP contribution in [0.1, 0.15) is 37.7 Å². The van der Waals surface area contributed by atoms with E-state index in [4.69, 9.17) is 17.2 Å². The third kappa shape index (κ3) is 11.5. The molecule has 0 fully saturated rings. The highest BCUT2D eigenvalue weighted by Gasteiger charge is 2.30. The Morgan fingerprint density at radius 1 is 0.861 bits per heavy atom. The Bertz CT molecular complexity index is 887. The standard InChI is InChI=1S/C23H36N6O6S/c24-11-5-4-8-15(25)20(31)28-17(12-14-6-2-1-3-7-14)21(32)29-18(13-36)22(33)27-16(23(34)35)9-10-19(26)30/h1-3,6-7,15-18,36H,4-5,8-13,24-25H2,(H2,26,30)(H,27,33)(H,28,31)(H,29,32)(H,34,35). The molecule has 0 aliphatic carbocycles. The maximum Gasteiger partial charge on any atom is 0.326 e. The molecule has 13 heteroatoms. The van der Waals surface area contributed by atoms with Crippen molar-refractivity contribution in [3.8, 4) is 0 Å². The Morgan fingerprint density at radius 3 is 2.00 bits per heavy atom. The summed E-state index contributed by atoms with van der Waals surface area (Å²) in [4.78, 5) is 60.8. The van der Waals surface area contributed by atoms with Gasteiger partial charge in [0, 0.05) is 18.6 Å². The predicted molar refractivity (Wildman–Crippen MR) is 137 cm³/mol. The second-order valence-corrected chi connectivity index (χ2v) is 8.66. The van der Waals surface area contributed by atoms with Crippen LogP contribution < -0.4 is 33.2 Å². The smallest absolute Gasteiger partial charge is 0.326 e. The van der Waals surface area contributed by atoms with Crippen LogP contribution in [0.25, 0.3) is 0 Å². The highest BCUT2D eigenvalue weighted by atomic mass is 32.1. The van der Waals surface area contributed by atoms with Gasteiger partial charge in [-0.05, 0) is 31.4 Å². The van der Waals surface area contributed by atoms with Gasteiger partial charge in [0.2, 0.25) is 23.6 Å². The molecule has 1 rings (SSSR count). The Labute approximate surface area is 215 Å². The number of rotatable bonds is 17. The second-order valence-electron chi connectivity index (χ2n) is 8.29. The summed E-state index contributed by atoms with van der Waals surface area (Å²) in [6.07, 6.45) is 1.44. The molecule has 10 N–H and O–H groups in total. The first-order valence-electron chi connectivity index (χ1n) is 11.6. The van der Waals surface area contributed by atoms with E-state index in [0.29, 0.717) is 25.8 Å². The Balaban J connectivity index is 2.93. The summed E-state index contributed by atoms with van der Waals surface area (Å²) in [6.45, 7) is 0.478. The van der Waals surface area contributed by atoms with Crippen LogP contribution in [0.2, 0.25) is 0 Å². The van der Waals surface area contributed by atoms with Crippen molar-refractivity contribution in [1.82, 2.24) is 16.0 Å². The van der Waals surface area contributed by atoms with Crippen LogP contribution in [0, 0.1) is 0 Å². The van der Waals surface area contributed by atoms with Crippen molar-refractivity contribution in [2.45, 2.75) is 62.7 Å². The van der Waals surface area contributed by atoms with Gasteiger partial charge < -0.3 is 38.3 Å². The van der Waals surface area contributed by atoms with E-state index in [1.165, 1.54) is 0 Å². The quantitative estimate of drug-likeness (QED) is 0.0875. The molecule has 12 nitrogen and oxygen atoms in total. The zero-order chi connectivity index (χ0) is 27.1. The third-order valence-electron chi connectivity index (χ3n) is 5.33. The highest BCUT2D eigenvalue weighted by molar-refractivity contribution is 7.80. The molecule has 0 saturated carbocycles. The average molecular weight is 525 g/mol. The van der Waals surface area contributed by atoms with Gasteiger partial charge in [0.1, 0.15) is 18.1 Å². The van der Waals surface area contributed by atoms with Crippen LogP contribution in [0.15, 0.2) is 30.3 Å². The van der Waals surface area contributed by atoms with Gasteiger partial charge in [0.05, 0.1) is 6.04 Å². The summed E-state index contributed by atoms with van der Waals surface area (Å²) in [5, 5.41) is 16.7. The molecular weight excluding hydrogens is 488 g/mol. The fourth-order valence-electron chi connectivity index (χ4n) is 3.26. The number of nitrogens with two attached hydrogens (primary N) is 3. The number of primary amides is 1. The summed E-state index contributed by atoms with van der Waals surface area (Å²) in [5.74, 6) is -4.21. The average Bonchev–Trinajstić information content (AvgIpc) is 2.84. The van der Waals surface area contributed by atoms with Gasteiger partial charge in [-0.3, -0.25) is 19.2 Å². The summed E-state index contributed by atoms with van der Waals surface area (Å²) >= 11 is 4.09. The van der Waals surface area contributed by atoms with Gasteiger partial charge in [0.25, 0.3) is 0 Å². The maximum atomic E-state index is 13.1. The first kappa shape index (κ1) is 30.9. The van der Waals surface area contributed by atoms with E-state index in [0.717, 1.165) is 5.56 Å². The van der Waals surface area contributed by atoms with Crippen LogP contribution in [-0.2, 0) is 30.4 Å². The van der Waals surface area contributed by atoms with Crippen molar-refractivity contribution >= 4 is 42.2 Å². The number of aliphatic carboxylic acids is 1. The van der Waals surface area contributed by atoms with E-state index in [2.05, 4.69) is 28.6 Å². The number of carbonyl (C=O) groups is 5. The van der Waals surface area contributed by atoms with Gasteiger partial charge in [-0.25, -0.2) is 4.79 Å². The number of nitrogens with one attached hydrogen (secondary N) is 3. The first-order chi connectivity index (χ1) is 17.1. The molecule has 0 aromatic heterocycles. The molecule has 0 radical (unpaired) electrons. The fourth-order valence-corrected chi connectivity index (χ4v) is 3.52. The van der Waals surface area contributed by atoms with Crippen LogP contribution in [0.4, 0.5) is 0 Å². The van der Waals surface area contributed by atoms with Gasteiger partial charge in [-0.2, -0.15) is 12.6 Å². The minimum atomic E-state index is -1.38. The first-order valence-corrected chi connectivity index (χ1v) is 12.2. The van der Waals surface area contributed by atoms with Gasteiger partial charge in [0.15, 0.2) is 0 Å². The topological polar surface area (TPSA) is 220 Å². The van der Waals surface area contributed by atoms with Crippen LogP contribution in [0.3, 0.4) is 0 Å². The van der Waals surface area contributed by atoms with Crippen LogP contribution in [-0.4, -0.2) is 71.2 Å². The zero-order valence-corrected chi connectivity index (χ0v) is 20.9. The van der Waals surface area contributed by atoms with Crippen LogP contribution in [0.5, 0.6) is 0 Å². The van der Waals surface area contributed by atoms with Crippen LogP contribution >= 0.6 is 12.6 Å². The summed E-state index contributed by atoms with van der Waals surface area (Å²) in [6, 6.07) is 4.47. The number of unbranched alkanes of at least 4 members (excludes halogenated alkanes) is 1. The lowest BCUT2D eigenvalue weighted by Gasteiger charge is -2.24. The molecule has 4 unspecified atom stereocenters. The molecule has 0 spiro atoms. The summed E-state index contributed by atoms with van der Waals surface area (Å²) < 4.78 is 0. The normalized spacial score (nSPS) is 14.1. The molecule has 0 saturated heterocycles. The number of carboxylic acids is 1. The van der Waals surface area contributed by atoms with Crippen molar-refractivity contribution in [3.63, 3.8) is 0 Å². The molecule has 1 aromatic carbocycles. The van der Waals surface area contributed by atoms with E-state index in [1.807, 2.05) is 6.07 Å². The van der Waals surface area contributed by atoms with E-state index in [-0.39, 0.29) is 25.0 Å². The van der Waals surface area contributed by atoms with E-state index in [9.17, 15) is 29.1 Å². The second kappa shape index (κ2) is 16.5. The highest BCUT2D eigenvalue weighted by Crippen LogP contribution is 2.07. The predicted octanol–water partition coefficient (Wildman–Crippen LogP) is -1.58. The number of hydrogen-bond acceptors (Lipinski definition) is 8.